The molecule has 3 nitrogen and oxygen atoms in total. The number of hydrogen-bond donors (Lipinski definition) is 1. The van der Waals surface area contributed by atoms with E-state index in [4.69, 9.17) is 4.74 Å². The minimum Gasteiger partial charge on any atom is -0.497 e. The number of rotatable bonds is 2. The van der Waals surface area contributed by atoms with Gasteiger partial charge in [-0.3, -0.25) is 4.79 Å². The van der Waals surface area contributed by atoms with Crippen LogP contribution in [-0.2, 0) is 11.2 Å². The summed E-state index contributed by atoms with van der Waals surface area (Å²) in [5.74, 6) is 2.80. The standard InChI is InChI=1S/C18H25NO2/c1-11-4-8-14-15(17(11)18(20)19-2)9-6-12-5-7-13(21-3)10-16(12)14/h5,7,10-11,14-15,17H,4,6,8-9H2,1-3H3,(H,19,20)/t11-,14-,15-,17-/m1/s1. The fourth-order valence-electron chi connectivity index (χ4n) is 4.49. The van der Waals surface area contributed by atoms with E-state index < -0.39 is 0 Å². The van der Waals surface area contributed by atoms with E-state index in [0.717, 1.165) is 25.0 Å². The topological polar surface area (TPSA) is 38.3 Å². The van der Waals surface area contributed by atoms with E-state index in [9.17, 15) is 4.79 Å². The number of carbonyl (C=O) groups excluding carboxylic acids is 1. The fraction of sp³-hybridized carbons (Fsp3) is 0.611. The Morgan fingerprint density at radius 3 is 2.81 bits per heavy atom. The molecule has 2 aliphatic carbocycles. The molecule has 3 heteroatoms. The van der Waals surface area contributed by atoms with E-state index in [1.54, 1.807) is 14.2 Å². The van der Waals surface area contributed by atoms with Gasteiger partial charge >= 0.3 is 0 Å². The van der Waals surface area contributed by atoms with Gasteiger partial charge < -0.3 is 10.1 Å². The fourth-order valence-corrected chi connectivity index (χ4v) is 4.49. The zero-order chi connectivity index (χ0) is 15.0. The lowest BCUT2D eigenvalue weighted by Gasteiger charge is -2.44. The Bertz CT molecular complexity index is 540. The molecule has 0 unspecified atom stereocenters. The Hall–Kier alpha value is -1.51. The van der Waals surface area contributed by atoms with Gasteiger partial charge in [-0.15, -0.1) is 0 Å². The van der Waals surface area contributed by atoms with Crippen LogP contribution in [0.3, 0.4) is 0 Å². The summed E-state index contributed by atoms with van der Waals surface area (Å²) in [6.07, 6.45) is 4.54. The normalized spacial score (nSPS) is 31.0. The number of benzene rings is 1. The van der Waals surface area contributed by atoms with Crippen molar-refractivity contribution in [2.75, 3.05) is 14.2 Å². The second-order valence-electron chi connectivity index (χ2n) is 6.57. The molecule has 1 amide bonds. The highest BCUT2D eigenvalue weighted by Crippen LogP contribution is 2.50. The molecule has 0 aromatic heterocycles. The third-order valence-corrected chi connectivity index (χ3v) is 5.57. The Morgan fingerprint density at radius 2 is 2.10 bits per heavy atom. The average molecular weight is 287 g/mol. The summed E-state index contributed by atoms with van der Waals surface area (Å²) in [4.78, 5) is 12.3. The predicted octanol–water partition coefficient (Wildman–Crippen LogP) is 3.13. The van der Waals surface area contributed by atoms with Crippen molar-refractivity contribution in [2.45, 2.75) is 38.5 Å². The highest BCUT2D eigenvalue weighted by atomic mass is 16.5. The molecule has 0 aliphatic heterocycles. The maximum Gasteiger partial charge on any atom is 0.223 e. The molecule has 1 aromatic carbocycles. The maximum absolute atomic E-state index is 12.3. The molecule has 1 fully saturated rings. The van der Waals surface area contributed by atoms with Crippen LogP contribution in [0.2, 0.25) is 0 Å². The average Bonchev–Trinajstić information content (AvgIpc) is 2.53. The van der Waals surface area contributed by atoms with E-state index in [2.05, 4.69) is 30.4 Å². The van der Waals surface area contributed by atoms with Gasteiger partial charge in [0.2, 0.25) is 5.91 Å². The number of hydrogen-bond acceptors (Lipinski definition) is 2. The van der Waals surface area contributed by atoms with E-state index in [1.165, 1.54) is 17.5 Å². The monoisotopic (exact) mass is 287 g/mol. The second kappa shape index (κ2) is 5.70. The van der Waals surface area contributed by atoms with Gasteiger partial charge in [0, 0.05) is 13.0 Å². The third kappa shape index (κ3) is 2.43. The number of carbonyl (C=O) groups is 1. The Balaban J connectivity index is 1.96. The maximum atomic E-state index is 12.3. The summed E-state index contributed by atoms with van der Waals surface area (Å²) in [5.41, 5.74) is 2.87. The van der Waals surface area contributed by atoms with Crippen LogP contribution in [0.1, 0.15) is 43.2 Å². The first-order valence-corrected chi connectivity index (χ1v) is 8.04. The molecule has 0 radical (unpaired) electrons. The first-order valence-electron chi connectivity index (χ1n) is 8.04. The molecule has 3 rings (SSSR count). The highest BCUT2D eigenvalue weighted by molar-refractivity contribution is 5.79. The molecular formula is C18H25NO2. The lowest BCUT2D eigenvalue weighted by molar-refractivity contribution is -0.130. The molecule has 2 aliphatic rings. The van der Waals surface area contributed by atoms with Crippen molar-refractivity contribution >= 4 is 5.91 Å². The van der Waals surface area contributed by atoms with Gasteiger partial charge in [0.25, 0.3) is 0 Å². The van der Waals surface area contributed by atoms with Crippen molar-refractivity contribution < 1.29 is 9.53 Å². The number of amides is 1. The van der Waals surface area contributed by atoms with E-state index in [-0.39, 0.29) is 11.8 Å². The number of nitrogens with one attached hydrogen (secondary N) is 1. The predicted molar refractivity (Wildman–Crippen MR) is 83.5 cm³/mol. The van der Waals surface area contributed by atoms with Crippen LogP contribution < -0.4 is 10.1 Å². The summed E-state index contributed by atoms with van der Waals surface area (Å²) in [7, 11) is 3.48. The van der Waals surface area contributed by atoms with Crippen LogP contribution >= 0.6 is 0 Å². The zero-order valence-corrected chi connectivity index (χ0v) is 13.2. The van der Waals surface area contributed by atoms with Crippen LogP contribution in [0.4, 0.5) is 0 Å². The van der Waals surface area contributed by atoms with Crippen molar-refractivity contribution in [2.24, 2.45) is 17.8 Å². The van der Waals surface area contributed by atoms with Gasteiger partial charge in [-0.25, -0.2) is 0 Å². The molecule has 114 valence electrons. The number of aryl methyl sites for hydroxylation is 1. The third-order valence-electron chi connectivity index (χ3n) is 5.57. The van der Waals surface area contributed by atoms with Crippen molar-refractivity contribution in [3.05, 3.63) is 29.3 Å². The van der Waals surface area contributed by atoms with Gasteiger partial charge in [0.05, 0.1) is 7.11 Å². The van der Waals surface area contributed by atoms with Crippen LogP contribution in [0.5, 0.6) is 5.75 Å². The van der Waals surface area contributed by atoms with E-state index in [1.807, 2.05) is 0 Å². The zero-order valence-electron chi connectivity index (χ0n) is 13.2. The van der Waals surface area contributed by atoms with Crippen molar-refractivity contribution in [1.29, 1.82) is 0 Å². The van der Waals surface area contributed by atoms with Gasteiger partial charge in [0.15, 0.2) is 0 Å². The molecule has 1 aromatic rings. The summed E-state index contributed by atoms with van der Waals surface area (Å²) >= 11 is 0. The Labute approximate surface area is 127 Å². The Kier molecular flexibility index (Phi) is 3.92. The van der Waals surface area contributed by atoms with Crippen molar-refractivity contribution in [3.63, 3.8) is 0 Å². The molecule has 0 spiro atoms. The number of ether oxygens (including phenoxy) is 1. The molecular weight excluding hydrogens is 262 g/mol. The Morgan fingerprint density at radius 1 is 1.29 bits per heavy atom. The van der Waals surface area contributed by atoms with Gasteiger partial charge in [-0.2, -0.15) is 0 Å². The number of methoxy groups -OCH3 is 1. The number of fused-ring (bicyclic) bond motifs is 3. The van der Waals surface area contributed by atoms with Gasteiger partial charge in [-0.05, 0) is 66.7 Å². The second-order valence-corrected chi connectivity index (χ2v) is 6.57. The SMILES string of the molecule is CNC(=O)[C@H]1[C@@H]2CCc3ccc(OC)cc3[C@@H]2CC[C@H]1C. The molecule has 1 N–H and O–H groups in total. The first-order chi connectivity index (χ1) is 10.2. The molecule has 0 heterocycles. The molecule has 0 bridgehead atoms. The minimum absolute atomic E-state index is 0.160. The summed E-state index contributed by atoms with van der Waals surface area (Å²) < 4.78 is 5.40. The minimum atomic E-state index is 0.160. The van der Waals surface area contributed by atoms with E-state index >= 15 is 0 Å². The largest absolute Gasteiger partial charge is 0.497 e. The lowest BCUT2D eigenvalue weighted by atomic mass is 9.60. The summed E-state index contributed by atoms with van der Waals surface area (Å²) in [6.45, 7) is 2.23. The smallest absolute Gasteiger partial charge is 0.223 e. The quantitative estimate of drug-likeness (QED) is 0.907. The van der Waals surface area contributed by atoms with Crippen LogP contribution in [0.15, 0.2) is 18.2 Å². The van der Waals surface area contributed by atoms with Crippen LogP contribution in [0, 0.1) is 17.8 Å². The van der Waals surface area contributed by atoms with Gasteiger partial charge in [-0.1, -0.05) is 13.0 Å². The highest BCUT2D eigenvalue weighted by Gasteiger charge is 2.43. The molecule has 4 atom stereocenters. The van der Waals surface area contributed by atoms with Crippen LogP contribution in [-0.4, -0.2) is 20.1 Å². The summed E-state index contributed by atoms with van der Waals surface area (Å²) in [5, 5.41) is 2.88. The van der Waals surface area contributed by atoms with Crippen molar-refractivity contribution in [3.8, 4) is 5.75 Å². The van der Waals surface area contributed by atoms with Gasteiger partial charge in [0.1, 0.15) is 5.75 Å². The first kappa shape index (κ1) is 14.4. The summed E-state index contributed by atoms with van der Waals surface area (Å²) in [6, 6.07) is 6.46. The van der Waals surface area contributed by atoms with Crippen molar-refractivity contribution in [1.82, 2.24) is 5.32 Å². The molecule has 1 saturated carbocycles. The van der Waals surface area contributed by atoms with E-state index in [0.29, 0.717) is 17.8 Å². The lowest BCUT2D eigenvalue weighted by Crippen LogP contribution is -2.43. The molecule has 21 heavy (non-hydrogen) atoms. The van der Waals surface area contributed by atoms with Crippen LogP contribution in [0.25, 0.3) is 0 Å². The molecule has 0 saturated heterocycles.